The summed E-state index contributed by atoms with van der Waals surface area (Å²) in [6.07, 6.45) is 0. The number of hydrogen-bond donors (Lipinski definition) is 2. The van der Waals surface area contributed by atoms with E-state index in [4.69, 9.17) is 5.11 Å². The standard InChI is InChI=1S/C8H13NO3S/c1-7(2,3)8(5(10)11)4-13-6(12)9-8/h4H2,1-3H3,(H,9,12)(H,10,11). The SMILES string of the molecule is CC(C)(C)C1(C(=O)O)CSC(=O)N1. The average Bonchev–Trinajstić information content (AvgIpc) is 2.30. The van der Waals surface area contributed by atoms with E-state index in [1.165, 1.54) is 0 Å². The molecule has 0 bridgehead atoms. The number of nitrogens with one attached hydrogen (secondary N) is 1. The van der Waals surface area contributed by atoms with Crippen LogP contribution in [0.3, 0.4) is 0 Å². The number of amides is 1. The number of carbonyl (C=O) groups excluding carboxylic acids is 1. The fourth-order valence-corrected chi connectivity index (χ4v) is 2.48. The van der Waals surface area contributed by atoms with Crippen molar-refractivity contribution in [2.24, 2.45) is 5.41 Å². The van der Waals surface area contributed by atoms with Gasteiger partial charge in [-0.05, 0) is 5.41 Å². The molecular formula is C8H13NO3S. The van der Waals surface area contributed by atoms with Crippen molar-refractivity contribution in [3.63, 3.8) is 0 Å². The van der Waals surface area contributed by atoms with Gasteiger partial charge in [-0.1, -0.05) is 32.5 Å². The molecule has 0 saturated carbocycles. The molecule has 0 aromatic rings. The van der Waals surface area contributed by atoms with E-state index in [9.17, 15) is 9.59 Å². The number of hydrogen-bond acceptors (Lipinski definition) is 3. The Hall–Kier alpha value is -0.710. The van der Waals surface area contributed by atoms with Crippen molar-refractivity contribution < 1.29 is 14.7 Å². The summed E-state index contributed by atoms with van der Waals surface area (Å²) in [6.45, 7) is 5.44. The lowest BCUT2D eigenvalue weighted by molar-refractivity contribution is -0.147. The third-order valence-electron chi connectivity index (χ3n) is 2.38. The van der Waals surface area contributed by atoms with Crippen LogP contribution in [0.25, 0.3) is 0 Å². The molecule has 0 aliphatic carbocycles. The van der Waals surface area contributed by atoms with Gasteiger partial charge in [-0.25, -0.2) is 4.79 Å². The van der Waals surface area contributed by atoms with Gasteiger partial charge < -0.3 is 10.4 Å². The number of carboxylic acids is 1. The summed E-state index contributed by atoms with van der Waals surface area (Å²) in [6, 6.07) is 0. The Morgan fingerprint density at radius 1 is 1.62 bits per heavy atom. The highest BCUT2D eigenvalue weighted by molar-refractivity contribution is 8.14. The van der Waals surface area contributed by atoms with Gasteiger partial charge in [-0.3, -0.25) is 4.79 Å². The van der Waals surface area contributed by atoms with Crippen LogP contribution < -0.4 is 5.32 Å². The predicted octanol–water partition coefficient (Wildman–Crippen LogP) is 1.31. The molecule has 2 N–H and O–H groups in total. The van der Waals surface area contributed by atoms with Crippen molar-refractivity contribution in [1.82, 2.24) is 5.32 Å². The second-order valence-corrected chi connectivity index (χ2v) is 5.11. The molecule has 1 amide bonds. The summed E-state index contributed by atoms with van der Waals surface area (Å²) in [7, 11) is 0. The number of rotatable bonds is 1. The minimum Gasteiger partial charge on any atom is -0.479 e. The third kappa shape index (κ3) is 1.52. The monoisotopic (exact) mass is 203 g/mol. The first kappa shape index (κ1) is 10.4. The molecule has 1 aliphatic rings. The second-order valence-electron chi connectivity index (χ2n) is 4.16. The van der Waals surface area contributed by atoms with E-state index >= 15 is 0 Å². The van der Waals surface area contributed by atoms with E-state index in [1.54, 1.807) is 0 Å². The van der Waals surface area contributed by atoms with E-state index in [0.717, 1.165) is 11.8 Å². The van der Waals surface area contributed by atoms with Gasteiger partial charge in [0.25, 0.3) is 5.24 Å². The molecule has 13 heavy (non-hydrogen) atoms. The zero-order valence-electron chi connectivity index (χ0n) is 7.88. The zero-order chi connectivity index (χ0) is 10.3. The van der Waals surface area contributed by atoms with E-state index < -0.39 is 16.9 Å². The van der Waals surface area contributed by atoms with Crippen molar-refractivity contribution >= 4 is 23.0 Å². The molecule has 1 fully saturated rings. The maximum Gasteiger partial charge on any atom is 0.330 e. The van der Waals surface area contributed by atoms with Crippen LogP contribution in [-0.4, -0.2) is 27.6 Å². The Bertz CT molecular complexity index is 259. The largest absolute Gasteiger partial charge is 0.479 e. The molecule has 5 heteroatoms. The van der Waals surface area contributed by atoms with Gasteiger partial charge in [0.2, 0.25) is 0 Å². The lowest BCUT2D eigenvalue weighted by Crippen LogP contribution is -2.59. The van der Waals surface area contributed by atoms with E-state index in [0.29, 0.717) is 5.75 Å². The highest BCUT2D eigenvalue weighted by atomic mass is 32.2. The third-order valence-corrected chi connectivity index (χ3v) is 3.32. The van der Waals surface area contributed by atoms with Gasteiger partial charge in [0, 0.05) is 5.75 Å². The van der Waals surface area contributed by atoms with Crippen LogP contribution in [0.5, 0.6) is 0 Å². The first-order valence-corrected chi connectivity index (χ1v) is 4.96. The van der Waals surface area contributed by atoms with Gasteiger partial charge in [0.05, 0.1) is 0 Å². The van der Waals surface area contributed by atoms with Crippen molar-refractivity contribution in [1.29, 1.82) is 0 Å². The summed E-state index contributed by atoms with van der Waals surface area (Å²) < 4.78 is 0. The van der Waals surface area contributed by atoms with Gasteiger partial charge in [0.15, 0.2) is 5.54 Å². The Kier molecular flexibility index (Phi) is 2.32. The van der Waals surface area contributed by atoms with Gasteiger partial charge in [-0.15, -0.1) is 0 Å². The van der Waals surface area contributed by atoms with Crippen molar-refractivity contribution in [3.05, 3.63) is 0 Å². The van der Waals surface area contributed by atoms with E-state index in [-0.39, 0.29) is 5.24 Å². The van der Waals surface area contributed by atoms with Crippen LogP contribution in [0.15, 0.2) is 0 Å². The Balaban J connectivity index is 3.04. The van der Waals surface area contributed by atoms with Crippen LogP contribution in [0.2, 0.25) is 0 Å². The van der Waals surface area contributed by atoms with Gasteiger partial charge in [0.1, 0.15) is 0 Å². The molecule has 0 aromatic heterocycles. The first-order valence-electron chi connectivity index (χ1n) is 3.98. The van der Waals surface area contributed by atoms with Crippen LogP contribution in [0, 0.1) is 5.41 Å². The molecule has 1 atom stereocenters. The smallest absolute Gasteiger partial charge is 0.330 e. The molecule has 74 valence electrons. The van der Waals surface area contributed by atoms with Crippen LogP contribution in [0.4, 0.5) is 4.79 Å². The fraction of sp³-hybridized carbons (Fsp3) is 0.750. The average molecular weight is 203 g/mol. The number of aliphatic carboxylic acids is 1. The van der Waals surface area contributed by atoms with Gasteiger partial charge in [-0.2, -0.15) is 0 Å². The maximum absolute atomic E-state index is 11.1. The summed E-state index contributed by atoms with van der Waals surface area (Å²) in [4.78, 5) is 22.1. The van der Waals surface area contributed by atoms with E-state index in [1.807, 2.05) is 20.8 Å². The topological polar surface area (TPSA) is 66.4 Å². The second kappa shape index (κ2) is 2.90. The highest BCUT2D eigenvalue weighted by Crippen LogP contribution is 2.38. The van der Waals surface area contributed by atoms with Crippen molar-refractivity contribution in [3.8, 4) is 0 Å². The number of thioether (sulfide) groups is 1. The lowest BCUT2D eigenvalue weighted by atomic mass is 9.75. The fourth-order valence-electron chi connectivity index (χ4n) is 1.26. The van der Waals surface area contributed by atoms with Crippen molar-refractivity contribution in [2.45, 2.75) is 26.3 Å². The molecule has 1 heterocycles. The summed E-state index contributed by atoms with van der Waals surface area (Å²) in [5.74, 6) is -0.664. The Morgan fingerprint density at radius 3 is 2.31 bits per heavy atom. The molecule has 1 unspecified atom stereocenters. The molecule has 0 spiro atoms. The Labute approximate surface area is 81.1 Å². The molecule has 0 radical (unpaired) electrons. The summed E-state index contributed by atoms with van der Waals surface area (Å²) in [5, 5.41) is 11.4. The highest BCUT2D eigenvalue weighted by Gasteiger charge is 2.53. The normalized spacial score (nSPS) is 28.7. The molecule has 1 aliphatic heterocycles. The molecule has 1 rings (SSSR count). The summed E-state index contributed by atoms with van der Waals surface area (Å²) >= 11 is 1.03. The van der Waals surface area contributed by atoms with Crippen LogP contribution >= 0.6 is 11.8 Å². The maximum atomic E-state index is 11.1. The summed E-state index contributed by atoms with van der Waals surface area (Å²) in [5.41, 5.74) is -1.59. The van der Waals surface area contributed by atoms with Crippen LogP contribution in [-0.2, 0) is 4.79 Å². The minimum absolute atomic E-state index is 0.252. The predicted molar refractivity (Wildman–Crippen MR) is 50.8 cm³/mol. The molecule has 4 nitrogen and oxygen atoms in total. The quantitative estimate of drug-likeness (QED) is 0.674. The Morgan fingerprint density at radius 2 is 2.15 bits per heavy atom. The first-order chi connectivity index (χ1) is 5.79. The zero-order valence-corrected chi connectivity index (χ0v) is 8.70. The molecular weight excluding hydrogens is 190 g/mol. The van der Waals surface area contributed by atoms with Crippen molar-refractivity contribution in [2.75, 3.05) is 5.75 Å². The van der Waals surface area contributed by atoms with Gasteiger partial charge >= 0.3 is 5.97 Å². The van der Waals surface area contributed by atoms with E-state index in [2.05, 4.69) is 5.32 Å². The molecule has 0 aromatic carbocycles. The number of carboxylic acid groups (broad SMARTS) is 1. The number of carbonyl (C=O) groups is 2. The van der Waals surface area contributed by atoms with Crippen LogP contribution in [0.1, 0.15) is 20.8 Å². The minimum atomic E-state index is -1.12. The lowest BCUT2D eigenvalue weighted by Gasteiger charge is -2.36. The molecule has 1 saturated heterocycles.